The molecule has 0 unspecified atom stereocenters. The lowest BCUT2D eigenvalue weighted by Crippen LogP contribution is -1.96. The van der Waals surface area contributed by atoms with Crippen LogP contribution in [-0.2, 0) is 18.8 Å². The van der Waals surface area contributed by atoms with E-state index in [1.54, 1.807) is 0 Å². The molecule has 0 bridgehead atoms. The van der Waals surface area contributed by atoms with Crippen molar-refractivity contribution in [3.05, 3.63) is 0 Å². The van der Waals surface area contributed by atoms with Gasteiger partial charge in [-0.05, 0) is 0 Å². The van der Waals surface area contributed by atoms with Crippen LogP contribution in [0.1, 0.15) is 0 Å². The molecule has 0 rings (SSSR count). The van der Waals surface area contributed by atoms with E-state index >= 15 is 0 Å². The van der Waals surface area contributed by atoms with Crippen molar-refractivity contribution >= 4 is 19.0 Å². The molecule has 0 spiro atoms. The first kappa shape index (κ1) is 6.97. The molecule has 0 saturated heterocycles. The zero-order valence-corrected chi connectivity index (χ0v) is 4.70. The maximum Gasteiger partial charge on any atom is 0.360 e. The van der Waals surface area contributed by atoms with Gasteiger partial charge >= 0.3 is 19.0 Å². The summed E-state index contributed by atoms with van der Waals surface area (Å²) in [5.41, 5.74) is 0. The molecule has 41 valence electrons. The summed E-state index contributed by atoms with van der Waals surface area (Å²) in [7, 11) is -5.27. The van der Waals surface area contributed by atoms with E-state index in [1.807, 2.05) is 0 Å². The van der Waals surface area contributed by atoms with Crippen molar-refractivity contribution in [2.45, 2.75) is 0 Å². The van der Waals surface area contributed by atoms with Crippen LogP contribution < -0.4 is 5.14 Å². The molecule has 0 aromatic rings. The molecule has 0 aliphatic carbocycles. The highest BCUT2D eigenvalue weighted by Crippen LogP contribution is 1.97. The normalized spacial score (nSPS) is 12.1. The zero-order valence-electron chi connectivity index (χ0n) is 2.99. The Morgan fingerprint density at radius 3 is 2.00 bits per heavy atom. The number of nitrogens with one attached hydrogen (secondary N) is 1. The Labute approximate surface area is 42.0 Å². The van der Waals surface area contributed by atoms with Crippen molar-refractivity contribution in [3.8, 4) is 0 Å². The van der Waals surface area contributed by atoms with E-state index < -0.39 is 19.0 Å². The second-order valence-corrected chi connectivity index (χ2v) is 2.26. The van der Waals surface area contributed by atoms with Crippen LogP contribution in [-0.4, -0.2) is 8.42 Å². The lowest BCUT2D eigenvalue weighted by atomic mass is 13.9. The lowest BCUT2D eigenvalue weighted by Gasteiger charge is -1.79. The fourth-order valence-electron chi connectivity index (χ4n) is 0.0401. The van der Waals surface area contributed by atoms with E-state index in [1.165, 1.54) is 0 Å². The monoisotopic (exact) mass is 142 g/mol. The Balaban J connectivity index is 3.84. The molecular formula is HNO4PS. The van der Waals surface area contributed by atoms with E-state index in [9.17, 15) is 13.0 Å². The van der Waals surface area contributed by atoms with Crippen molar-refractivity contribution in [2.24, 2.45) is 0 Å². The highest BCUT2D eigenvalue weighted by atomic mass is 32.2. The Bertz CT molecular complexity index is 145. The molecule has 1 radical (unpaired) electrons. The molecule has 0 fully saturated rings. The van der Waals surface area contributed by atoms with E-state index in [-0.39, 0.29) is 0 Å². The molecule has 0 atom stereocenters. The van der Waals surface area contributed by atoms with Gasteiger partial charge in [0.05, 0.1) is 0 Å². The highest BCUT2D eigenvalue weighted by Gasteiger charge is 1.99. The summed E-state index contributed by atoms with van der Waals surface area (Å²) in [5.74, 6) is 0. The first-order valence-corrected chi connectivity index (χ1v) is 3.21. The third-order valence-electron chi connectivity index (χ3n) is 0.129. The Hall–Kier alpha value is -0.0300. The second kappa shape index (κ2) is 2.32. The van der Waals surface area contributed by atoms with Gasteiger partial charge in [-0.1, -0.05) is 0 Å². The van der Waals surface area contributed by atoms with Crippen molar-refractivity contribution in [3.63, 3.8) is 0 Å². The van der Waals surface area contributed by atoms with E-state index in [4.69, 9.17) is 5.14 Å². The molecular weight excluding hydrogens is 141 g/mol. The quantitative estimate of drug-likeness (QED) is 0.497. The van der Waals surface area contributed by atoms with Gasteiger partial charge in [-0.2, -0.15) is 12.4 Å². The topological polar surface area (TPSA) is 84.2 Å². The van der Waals surface area contributed by atoms with Crippen LogP contribution in [0.15, 0.2) is 0 Å². The lowest BCUT2D eigenvalue weighted by molar-refractivity contribution is 0.487. The molecule has 0 aromatic heterocycles. The molecule has 0 saturated carbocycles. The summed E-state index contributed by atoms with van der Waals surface area (Å²) >= 11 is 0. The molecule has 0 aromatic carbocycles. The van der Waals surface area contributed by atoms with Crippen LogP contribution in [0.2, 0.25) is 0 Å². The van der Waals surface area contributed by atoms with Gasteiger partial charge in [0.1, 0.15) is 0 Å². The van der Waals surface area contributed by atoms with E-state index in [0.717, 1.165) is 0 Å². The van der Waals surface area contributed by atoms with Gasteiger partial charge in [0.25, 0.3) is 0 Å². The van der Waals surface area contributed by atoms with Gasteiger partial charge in [-0.3, -0.25) is 0 Å². The van der Waals surface area contributed by atoms with Crippen LogP contribution in [0.4, 0.5) is 0 Å². The van der Waals surface area contributed by atoms with Gasteiger partial charge in [0.15, 0.2) is 0 Å². The van der Waals surface area contributed by atoms with Crippen LogP contribution in [0, 0.1) is 0 Å². The van der Waals surface area contributed by atoms with Crippen molar-refractivity contribution in [1.82, 2.24) is 5.14 Å². The first-order valence-electron chi connectivity index (χ1n) is 1.07. The predicted octanol–water partition coefficient (Wildman–Crippen LogP) is -0.263. The summed E-state index contributed by atoms with van der Waals surface area (Å²) in [4.78, 5) is 0. The summed E-state index contributed by atoms with van der Waals surface area (Å²) in [6, 6.07) is 0. The van der Waals surface area contributed by atoms with Crippen molar-refractivity contribution in [1.29, 1.82) is 0 Å². The van der Waals surface area contributed by atoms with Crippen LogP contribution >= 0.6 is 8.69 Å². The summed E-state index contributed by atoms with van der Waals surface area (Å²) < 4.78 is 31.4. The molecule has 0 heterocycles. The Morgan fingerprint density at radius 1 is 1.57 bits per heavy atom. The molecule has 1 N–H and O–H groups in total. The zero-order chi connectivity index (χ0) is 5.91. The molecule has 7 heteroatoms. The minimum Gasteiger partial charge on any atom is -0.239 e. The van der Waals surface area contributed by atoms with Gasteiger partial charge in [0.2, 0.25) is 0 Å². The van der Waals surface area contributed by atoms with Gasteiger partial charge < -0.3 is 0 Å². The number of hydrogen-bond donors (Lipinski definition) is 0. The van der Waals surface area contributed by atoms with Gasteiger partial charge in [0, 0.05) is 0 Å². The van der Waals surface area contributed by atoms with Crippen molar-refractivity contribution < 1.29 is 17.0 Å². The first-order chi connectivity index (χ1) is 3.06. The van der Waals surface area contributed by atoms with Gasteiger partial charge in [-0.25, -0.2) is 4.57 Å². The SMILES string of the molecule is [NH]S(=O)(=O)OP=O. The molecule has 0 amide bonds. The molecule has 0 aliphatic rings. The standard InChI is InChI=1S/HNO4PS/c1-7(3,4)5-6-2/h1H. The summed E-state index contributed by atoms with van der Waals surface area (Å²) in [6.07, 6.45) is 0. The minimum atomic E-state index is -4.25. The maximum atomic E-state index is 9.47. The highest BCUT2D eigenvalue weighted by molar-refractivity contribution is 7.86. The van der Waals surface area contributed by atoms with E-state index in [0.29, 0.717) is 0 Å². The molecule has 7 heavy (non-hydrogen) atoms. The third kappa shape index (κ3) is 5.97. The van der Waals surface area contributed by atoms with Crippen LogP contribution in [0.3, 0.4) is 0 Å². The minimum absolute atomic E-state index is 1.02. The average molecular weight is 142 g/mol. The fraction of sp³-hybridized carbons (Fsp3) is 0. The second-order valence-electron chi connectivity index (χ2n) is 0.603. The van der Waals surface area contributed by atoms with Crippen molar-refractivity contribution in [2.75, 3.05) is 0 Å². The average Bonchev–Trinajstić information content (AvgIpc) is 1.30. The van der Waals surface area contributed by atoms with E-state index in [2.05, 4.69) is 3.97 Å². The maximum absolute atomic E-state index is 9.47. The summed E-state index contributed by atoms with van der Waals surface area (Å²) in [5, 5.41) is 5.87. The smallest absolute Gasteiger partial charge is 0.239 e. The molecule has 5 nitrogen and oxygen atoms in total. The largest absolute Gasteiger partial charge is 0.360 e. The van der Waals surface area contributed by atoms with Crippen LogP contribution in [0.5, 0.6) is 0 Å². The Morgan fingerprint density at radius 2 is 2.00 bits per heavy atom. The van der Waals surface area contributed by atoms with Crippen LogP contribution in [0.25, 0.3) is 0 Å². The Kier molecular flexibility index (Phi) is 2.31. The third-order valence-corrected chi connectivity index (χ3v) is 1.16. The predicted molar refractivity (Wildman–Crippen MR) is 20.7 cm³/mol. The number of rotatable bonds is 2. The number of hydrogen-bond acceptors (Lipinski definition) is 4. The van der Waals surface area contributed by atoms with Gasteiger partial charge in [-0.15, -0.1) is 5.14 Å². The molecule has 0 aliphatic heterocycles. The fourth-order valence-corrected chi connectivity index (χ4v) is 0.361. The summed E-state index contributed by atoms with van der Waals surface area (Å²) in [6.45, 7) is 0.